The summed E-state index contributed by atoms with van der Waals surface area (Å²) in [6, 6.07) is 6.79. The van der Waals surface area contributed by atoms with E-state index < -0.39 is 0 Å². The van der Waals surface area contributed by atoms with Crippen molar-refractivity contribution in [1.82, 2.24) is 5.32 Å². The van der Waals surface area contributed by atoms with E-state index in [1.807, 2.05) is 0 Å². The summed E-state index contributed by atoms with van der Waals surface area (Å²) in [6.07, 6.45) is -0.364. The lowest BCUT2D eigenvalue weighted by Crippen LogP contribution is -2.36. The summed E-state index contributed by atoms with van der Waals surface area (Å²) >= 11 is 5.13. The van der Waals surface area contributed by atoms with Crippen molar-refractivity contribution in [1.29, 1.82) is 0 Å². The number of methoxy groups -OCH3 is 3. The van der Waals surface area contributed by atoms with Gasteiger partial charge in [-0.3, -0.25) is 0 Å². The van der Waals surface area contributed by atoms with E-state index >= 15 is 0 Å². The molecular weight excluding hydrogens is 280 g/mol. The first kappa shape index (κ1) is 16.4. The lowest BCUT2D eigenvalue weighted by molar-refractivity contribution is -0.0964. The van der Waals surface area contributed by atoms with Gasteiger partial charge >= 0.3 is 5.97 Å². The van der Waals surface area contributed by atoms with Crippen molar-refractivity contribution < 1.29 is 19.0 Å². The Hall–Kier alpha value is -1.70. The molecule has 0 radical (unpaired) electrons. The van der Waals surface area contributed by atoms with Crippen molar-refractivity contribution in [2.45, 2.75) is 6.29 Å². The normalized spacial score (nSPS) is 10.2. The van der Waals surface area contributed by atoms with Crippen LogP contribution in [-0.2, 0) is 14.2 Å². The third kappa shape index (κ3) is 5.12. The maximum Gasteiger partial charge on any atom is 0.337 e. The second-order valence-electron chi connectivity index (χ2n) is 3.80. The Morgan fingerprint density at radius 3 is 2.30 bits per heavy atom. The Morgan fingerprint density at radius 2 is 1.80 bits per heavy atom. The van der Waals surface area contributed by atoms with Crippen LogP contribution in [0.15, 0.2) is 24.3 Å². The van der Waals surface area contributed by atoms with E-state index in [0.717, 1.165) is 5.69 Å². The number of benzene rings is 1. The van der Waals surface area contributed by atoms with E-state index in [0.29, 0.717) is 17.2 Å². The number of rotatable bonds is 6. The standard InChI is InChI=1S/C13H18N2O4S/c1-17-11(18-2)8-14-13(20)15-10-6-4-9(5-7-10)12(16)19-3/h4-7,11H,8H2,1-3H3,(H2,14,15,20). The average molecular weight is 298 g/mol. The smallest absolute Gasteiger partial charge is 0.337 e. The number of nitrogens with one attached hydrogen (secondary N) is 2. The Labute approximate surface area is 123 Å². The number of ether oxygens (including phenoxy) is 3. The fourth-order valence-corrected chi connectivity index (χ4v) is 1.62. The molecule has 0 heterocycles. The van der Waals surface area contributed by atoms with Gasteiger partial charge in [0.05, 0.1) is 19.2 Å². The summed E-state index contributed by atoms with van der Waals surface area (Å²) in [4.78, 5) is 11.3. The molecule has 0 aromatic heterocycles. The third-order valence-corrected chi connectivity index (χ3v) is 2.77. The Balaban J connectivity index is 2.48. The molecule has 20 heavy (non-hydrogen) atoms. The zero-order chi connectivity index (χ0) is 15.0. The van der Waals surface area contributed by atoms with E-state index in [4.69, 9.17) is 21.7 Å². The molecule has 0 saturated heterocycles. The largest absolute Gasteiger partial charge is 0.465 e. The predicted molar refractivity (Wildman–Crippen MR) is 79.8 cm³/mol. The Morgan fingerprint density at radius 1 is 1.20 bits per heavy atom. The molecule has 1 rings (SSSR count). The van der Waals surface area contributed by atoms with Gasteiger partial charge in [-0.25, -0.2) is 4.79 Å². The van der Waals surface area contributed by atoms with E-state index in [1.54, 1.807) is 38.5 Å². The Kier molecular flexibility index (Phi) is 6.92. The minimum atomic E-state index is -0.375. The molecule has 0 bridgehead atoms. The van der Waals surface area contributed by atoms with Crippen LogP contribution in [0.2, 0.25) is 0 Å². The molecule has 6 nitrogen and oxygen atoms in total. The van der Waals surface area contributed by atoms with Crippen LogP contribution < -0.4 is 10.6 Å². The zero-order valence-electron chi connectivity index (χ0n) is 11.6. The first-order valence-corrected chi connectivity index (χ1v) is 6.30. The summed E-state index contributed by atoms with van der Waals surface area (Å²) < 4.78 is 14.7. The quantitative estimate of drug-likeness (QED) is 0.467. The fraction of sp³-hybridized carbons (Fsp3) is 0.385. The SMILES string of the molecule is COC(=O)c1ccc(NC(=S)NCC(OC)OC)cc1. The highest BCUT2D eigenvalue weighted by molar-refractivity contribution is 7.80. The molecule has 0 unspecified atom stereocenters. The number of carbonyl (C=O) groups excluding carboxylic acids is 1. The molecule has 0 saturated carbocycles. The number of anilines is 1. The second-order valence-corrected chi connectivity index (χ2v) is 4.21. The maximum absolute atomic E-state index is 11.3. The van der Waals surface area contributed by atoms with Crippen molar-refractivity contribution in [3.05, 3.63) is 29.8 Å². The van der Waals surface area contributed by atoms with Gasteiger partial charge in [0.2, 0.25) is 0 Å². The van der Waals surface area contributed by atoms with Gasteiger partial charge in [0, 0.05) is 19.9 Å². The molecule has 0 aliphatic rings. The fourth-order valence-electron chi connectivity index (χ4n) is 1.42. The van der Waals surface area contributed by atoms with Gasteiger partial charge in [-0.1, -0.05) is 0 Å². The minimum absolute atomic E-state index is 0.364. The molecule has 0 aliphatic carbocycles. The molecule has 0 amide bonds. The van der Waals surface area contributed by atoms with Crippen molar-refractivity contribution in [3.63, 3.8) is 0 Å². The monoisotopic (exact) mass is 298 g/mol. The predicted octanol–water partition coefficient (Wildman–Crippen LogP) is 1.38. The highest BCUT2D eigenvalue weighted by atomic mass is 32.1. The number of carbonyl (C=O) groups is 1. The molecule has 1 aromatic rings. The van der Waals surface area contributed by atoms with Crippen LogP contribution in [-0.4, -0.2) is 45.2 Å². The third-order valence-electron chi connectivity index (χ3n) is 2.52. The van der Waals surface area contributed by atoms with Crippen molar-refractivity contribution >= 4 is 29.0 Å². The van der Waals surface area contributed by atoms with Crippen molar-refractivity contribution in [3.8, 4) is 0 Å². The summed E-state index contributed by atoms with van der Waals surface area (Å²) in [5, 5.41) is 6.39. The summed E-state index contributed by atoms with van der Waals surface area (Å²) in [6.45, 7) is 0.430. The van der Waals surface area contributed by atoms with Crippen LogP contribution in [0, 0.1) is 0 Å². The van der Waals surface area contributed by atoms with Gasteiger partial charge in [0.15, 0.2) is 11.4 Å². The molecule has 0 aliphatic heterocycles. The number of hydrogen-bond donors (Lipinski definition) is 2. The summed E-state index contributed by atoms with van der Waals surface area (Å²) in [5.74, 6) is -0.375. The zero-order valence-corrected chi connectivity index (χ0v) is 12.5. The van der Waals surface area contributed by atoms with Gasteiger partial charge in [-0.2, -0.15) is 0 Å². The second kappa shape index (κ2) is 8.47. The first-order valence-electron chi connectivity index (χ1n) is 5.89. The summed E-state index contributed by atoms with van der Waals surface area (Å²) in [5.41, 5.74) is 1.25. The number of esters is 1. The number of thiocarbonyl (C=S) groups is 1. The van der Waals surface area contributed by atoms with Gasteiger partial charge in [0.25, 0.3) is 0 Å². The highest BCUT2D eigenvalue weighted by Gasteiger charge is 2.07. The van der Waals surface area contributed by atoms with Crippen LogP contribution >= 0.6 is 12.2 Å². The van der Waals surface area contributed by atoms with Crippen LogP contribution in [0.4, 0.5) is 5.69 Å². The van der Waals surface area contributed by atoms with Crippen molar-refractivity contribution in [2.75, 3.05) is 33.2 Å². The lowest BCUT2D eigenvalue weighted by Gasteiger charge is -2.16. The highest BCUT2D eigenvalue weighted by Crippen LogP contribution is 2.10. The van der Waals surface area contributed by atoms with Gasteiger partial charge in [-0.15, -0.1) is 0 Å². The maximum atomic E-state index is 11.3. The molecule has 7 heteroatoms. The molecule has 0 fully saturated rings. The lowest BCUT2D eigenvalue weighted by atomic mass is 10.2. The van der Waals surface area contributed by atoms with E-state index in [-0.39, 0.29) is 12.3 Å². The molecular formula is C13H18N2O4S. The van der Waals surface area contributed by atoms with E-state index in [9.17, 15) is 4.79 Å². The van der Waals surface area contributed by atoms with E-state index in [2.05, 4.69) is 15.4 Å². The molecule has 110 valence electrons. The average Bonchev–Trinajstić information content (AvgIpc) is 2.48. The molecule has 2 N–H and O–H groups in total. The van der Waals surface area contributed by atoms with Crippen molar-refractivity contribution in [2.24, 2.45) is 0 Å². The van der Waals surface area contributed by atoms with Crippen LogP contribution in [0.5, 0.6) is 0 Å². The molecule has 1 aromatic carbocycles. The minimum Gasteiger partial charge on any atom is -0.465 e. The molecule has 0 atom stereocenters. The molecule has 0 spiro atoms. The van der Waals surface area contributed by atoms with Gasteiger partial charge < -0.3 is 24.8 Å². The number of hydrogen-bond acceptors (Lipinski definition) is 5. The van der Waals surface area contributed by atoms with Gasteiger partial charge in [0.1, 0.15) is 0 Å². The van der Waals surface area contributed by atoms with Gasteiger partial charge in [-0.05, 0) is 36.5 Å². The first-order chi connectivity index (χ1) is 9.60. The van der Waals surface area contributed by atoms with Crippen LogP contribution in [0.25, 0.3) is 0 Å². The Bertz CT molecular complexity index is 446. The summed E-state index contributed by atoms with van der Waals surface area (Å²) in [7, 11) is 4.45. The van der Waals surface area contributed by atoms with Crippen LogP contribution in [0.1, 0.15) is 10.4 Å². The van der Waals surface area contributed by atoms with Crippen LogP contribution in [0.3, 0.4) is 0 Å². The van der Waals surface area contributed by atoms with E-state index in [1.165, 1.54) is 7.11 Å². The topological polar surface area (TPSA) is 68.8 Å².